The smallest absolute Gasteiger partial charge is 0.287 e. The Morgan fingerprint density at radius 1 is 1.47 bits per heavy atom. The molecule has 0 aliphatic carbocycles. The van der Waals surface area contributed by atoms with E-state index in [1.807, 2.05) is 0 Å². The maximum absolute atomic E-state index is 10.5. The van der Waals surface area contributed by atoms with Crippen LogP contribution in [-0.4, -0.2) is 33.7 Å². The number of hydrogen-bond acceptors (Lipinski definition) is 5. The molecule has 1 aliphatic rings. The number of pyridine rings is 1. The number of nitrogens with one attached hydrogen (secondary N) is 1. The minimum atomic E-state index is -0.728. The molecule has 92 valence electrons. The minimum absolute atomic E-state index is 0.0222. The van der Waals surface area contributed by atoms with E-state index in [1.165, 1.54) is 12.3 Å². The van der Waals surface area contributed by atoms with Crippen LogP contribution in [0.4, 0.5) is 5.69 Å². The Kier molecular flexibility index (Phi) is 3.35. The number of aromatic nitrogens is 1. The lowest BCUT2D eigenvalue weighted by Crippen LogP contribution is -2.43. The highest BCUT2D eigenvalue weighted by atomic mass is 16.6. The lowest BCUT2D eigenvalue weighted by atomic mass is 9.88. The van der Waals surface area contributed by atoms with E-state index in [0.717, 1.165) is 13.1 Å². The molecule has 17 heavy (non-hydrogen) atoms. The van der Waals surface area contributed by atoms with E-state index in [-0.39, 0.29) is 5.69 Å². The van der Waals surface area contributed by atoms with E-state index in [0.29, 0.717) is 25.0 Å². The molecule has 0 amide bonds. The summed E-state index contributed by atoms with van der Waals surface area (Å²) in [5.74, 6) is 0. The first-order valence-corrected chi connectivity index (χ1v) is 5.61. The Labute approximate surface area is 98.8 Å². The predicted molar refractivity (Wildman–Crippen MR) is 61.6 cm³/mol. The second-order valence-corrected chi connectivity index (χ2v) is 4.42. The second kappa shape index (κ2) is 4.77. The lowest BCUT2D eigenvalue weighted by molar-refractivity contribution is -0.385. The van der Waals surface area contributed by atoms with E-state index in [1.54, 1.807) is 6.07 Å². The van der Waals surface area contributed by atoms with E-state index in [2.05, 4.69) is 10.3 Å². The van der Waals surface area contributed by atoms with Gasteiger partial charge in [-0.05, 0) is 32.0 Å². The van der Waals surface area contributed by atoms with Crippen molar-refractivity contribution >= 4 is 5.69 Å². The third kappa shape index (κ3) is 2.98. The molecule has 0 radical (unpaired) electrons. The quantitative estimate of drug-likeness (QED) is 0.595. The summed E-state index contributed by atoms with van der Waals surface area (Å²) in [7, 11) is 0. The molecule has 1 aromatic rings. The molecule has 2 N–H and O–H groups in total. The van der Waals surface area contributed by atoms with E-state index in [9.17, 15) is 15.2 Å². The van der Waals surface area contributed by atoms with Crippen molar-refractivity contribution in [3.8, 4) is 0 Å². The first-order chi connectivity index (χ1) is 8.09. The maximum atomic E-state index is 10.5. The molecule has 6 heteroatoms. The van der Waals surface area contributed by atoms with Crippen molar-refractivity contribution in [1.29, 1.82) is 0 Å². The van der Waals surface area contributed by atoms with Crippen molar-refractivity contribution < 1.29 is 10.0 Å². The summed E-state index contributed by atoms with van der Waals surface area (Å²) in [6, 6.07) is 3.03. The zero-order chi connectivity index (χ0) is 12.3. The highest BCUT2D eigenvalue weighted by Crippen LogP contribution is 2.23. The van der Waals surface area contributed by atoms with Crippen molar-refractivity contribution in [3.63, 3.8) is 0 Å². The highest BCUT2D eigenvalue weighted by molar-refractivity contribution is 5.27. The van der Waals surface area contributed by atoms with Crippen LogP contribution in [0, 0.1) is 10.1 Å². The van der Waals surface area contributed by atoms with Crippen LogP contribution in [0.5, 0.6) is 0 Å². The van der Waals surface area contributed by atoms with Gasteiger partial charge < -0.3 is 10.4 Å². The Balaban J connectivity index is 2.05. The van der Waals surface area contributed by atoms with Gasteiger partial charge in [-0.15, -0.1) is 0 Å². The molecule has 2 rings (SSSR count). The van der Waals surface area contributed by atoms with Gasteiger partial charge in [0.15, 0.2) is 0 Å². The topological polar surface area (TPSA) is 88.3 Å². The fourth-order valence-electron chi connectivity index (χ4n) is 2.04. The SMILES string of the molecule is O=[N+]([O-])c1ccc(CC2(O)CCNCC2)nc1. The standard InChI is InChI=1S/C11H15N3O3/c15-11(3-5-12-6-4-11)7-9-1-2-10(8-13-9)14(16)17/h1-2,8,12,15H,3-7H2. The Bertz CT molecular complexity index is 399. The fraction of sp³-hybridized carbons (Fsp3) is 0.545. The first kappa shape index (κ1) is 11.9. The third-order valence-corrected chi connectivity index (χ3v) is 3.06. The molecule has 1 aliphatic heterocycles. The van der Waals surface area contributed by atoms with Crippen LogP contribution in [0.2, 0.25) is 0 Å². The maximum Gasteiger partial charge on any atom is 0.287 e. The summed E-state index contributed by atoms with van der Waals surface area (Å²) < 4.78 is 0. The third-order valence-electron chi connectivity index (χ3n) is 3.06. The number of rotatable bonds is 3. The molecule has 0 unspecified atom stereocenters. The minimum Gasteiger partial charge on any atom is -0.389 e. The highest BCUT2D eigenvalue weighted by Gasteiger charge is 2.29. The van der Waals surface area contributed by atoms with Crippen molar-refractivity contribution in [1.82, 2.24) is 10.3 Å². The summed E-state index contributed by atoms with van der Waals surface area (Å²) in [6.45, 7) is 1.59. The van der Waals surface area contributed by atoms with Gasteiger partial charge in [0.1, 0.15) is 6.20 Å². The molecule has 0 saturated carbocycles. The van der Waals surface area contributed by atoms with Gasteiger partial charge in [0.25, 0.3) is 5.69 Å². The van der Waals surface area contributed by atoms with Crippen LogP contribution in [0.1, 0.15) is 18.5 Å². The van der Waals surface area contributed by atoms with Gasteiger partial charge in [0.05, 0.1) is 10.5 Å². The van der Waals surface area contributed by atoms with Crippen LogP contribution in [0.25, 0.3) is 0 Å². The van der Waals surface area contributed by atoms with E-state index in [4.69, 9.17) is 0 Å². The normalized spacial score (nSPS) is 18.9. The van der Waals surface area contributed by atoms with Crippen molar-refractivity contribution in [2.45, 2.75) is 24.9 Å². The molecule has 0 spiro atoms. The average Bonchev–Trinajstić information content (AvgIpc) is 2.30. The largest absolute Gasteiger partial charge is 0.389 e. The van der Waals surface area contributed by atoms with E-state index >= 15 is 0 Å². The Morgan fingerprint density at radius 3 is 2.71 bits per heavy atom. The summed E-state index contributed by atoms with van der Waals surface area (Å²) in [6.07, 6.45) is 3.06. The summed E-state index contributed by atoms with van der Waals surface area (Å²) in [5, 5.41) is 23.9. The van der Waals surface area contributed by atoms with Crippen LogP contribution in [-0.2, 0) is 6.42 Å². The lowest BCUT2D eigenvalue weighted by Gasteiger charge is -2.32. The van der Waals surface area contributed by atoms with Gasteiger partial charge in [0.2, 0.25) is 0 Å². The average molecular weight is 237 g/mol. The molecule has 0 atom stereocenters. The first-order valence-electron chi connectivity index (χ1n) is 5.61. The van der Waals surface area contributed by atoms with Crippen LogP contribution in [0.15, 0.2) is 18.3 Å². The van der Waals surface area contributed by atoms with Crippen molar-refractivity contribution in [2.75, 3.05) is 13.1 Å². The zero-order valence-corrected chi connectivity index (χ0v) is 9.43. The molecular formula is C11H15N3O3. The molecule has 1 saturated heterocycles. The van der Waals surface area contributed by atoms with Gasteiger partial charge in [-0.25, -0.2) is 0 Å². The number of nitro groups is 1. The van der Waals surface area contributed by atoms with Crippen molar-refractivity contribution in [3.05, 3.63) is 34.1 Å². The van der Waals surface area contributed by atoms with Gasteiger partial charge in [0, 0.05) is 18.2 Å². The number of piperidine rings is 1. The van der Waals surface area contributed by atoms with Gasteiger partial charge >= 0.3 is 0 Å². The molecule has 6 nitrogen and oxygen atoms in total. The molecule has 1 aromatic heterocycles. The molecular weight excluding hydrogens is 222 g/mol. The van der Waals surface area contributed by atoms with Crippen LogP contribution >= 0.6 is 0 Å². The van der Waals surface area contributed by atoms with Crippen LogP contribution < -0.4 is 5.32 Å². The predicted octanol–water partition coefficient (Wildman–Crippen LogP) is 0.647. The van der Waals surface area contributed by atoms with Gasteiger partial charge in [-0.1, -0.05) is 0 Å². The number of nitrogens with zero attached hydrogens (tertiary/aromatic N) is 2. The fourth-order valence-corrected chi connectivity index (χ4v) is 2.04. The Morgan fingerprint density at radius 2 is 2.18 bits per heavy atom. The summed E-state index contributed by atoms with van der Waals surface area (Å²) in [5.41, 5.74) is -0.0555. The second-order valence-electron chi connectivity index (χ2n) is 4.42. The van der Waals surface area contributed by atoms with E-state index < -0.39 is 10.5 Å². The molecule has 2 heterocycles. The monoisotopic (exact) mass is 237 g/mol. The summed E-state index contributed by atoms with van der Waals surface area (Å²) >= 11 is 0. The van der Waals surface area contributed by atoms with Crippen LogP contribution in [0.3, 0.4) is 0 Å². The summed E-state index contributed by atoms with van der Waals surface area (Å²) in [4.78, 5) is 14.0. The zero-order valence-electron chi connectivity index (χ0n) is 9.43. The Hall–Kier alpha value is -1.53. The molecule has 1 fully saturated rings. The number of hydrogen-bond donors (Lipinski definition) is 2. The molecule has 0 bridgehead atoms. The number of aliphatic hydroxyl groups is 1. The van der Waals surface area contributed by atoms with Crippen molar-refractivity contribution in [2.24, 2.45) is 0 Å². The van der Waals surface area contributed by atoms with Gasteiger partial charge in [-0.3, -0.25) is 15.1 Å². The molecule has 0 aromatic carbocycles. The van der Waals surface area contributed by atoms with Gasteiger partial charge in [-0.2, -0.15) is 0 Å².